The molecule has 2 heterocycles. The van der Waals surface area contributed by atoms with Gasteiger partial charge in [0, 0.05) is 18.8 Å². The minimum Gasteiger partial charge on any atom is -0.394 e. The molecule has 0 bridgehead atoms. The number of benzene rings is 1. The molecule has 0 amide bonds. The van der Waals surface area contributed by atoms with Crippen molar-refractivity contribution < 1.29 is 0 Å². The van der Waals surface area contributed by atoms with E-state index in [0.29, 0.717) is 0 Å². The lowest BCUT2D eigenvalue weighted by Crippen LogP contribution is -2.22. The molecule has 0 saturated carbocycles. The fraction of sp³-hybridized carbons (Fsp3) is 0.438. The number of fused-ring (bicyclic) bond motifs is 1. The van der Waals surface area contributed by atoms with Crippen LogP contribution in [0.1, 0.15) is 31.0 Å². The van der Waals surface area contributed by atoms with E-state index < -0.39 is 0 Å². The predicted molar refractivity (Wildman–Crippen MR) is 83.4 cm³/mol. The summed E-state index contributed by atoms with van der Waals surface area (Å²) < 4.78 is 2.02. The monoisotopic (exact) mass is 270 g/mol. The second-order valence-corrected chi connectivity index (χ2v) is 5.38. The average molecular weight is 270 g/mol. The molecule has 1 aliphatic heterocycles. The molecule has 2 aromatic rings. The molecule has 0 radical (unpaired) electrons. The Morgan fingerprint density at radius 1 is 1.25 bits per heavy atom. The van der Waals surface area contributed by atoms with Crippen molar-refractivity contribution in [3.63, 3.8) is 0 Å². The summed E-state index contributed by atoms with van der Waals surface area (Å²) in [6.45, 7) is 5.94. The van der Waals surface area contributed by atoms with E-state index in [1.807, 2.05) is 11.6 Å². The predicted octanol–water partition coefficient (Wildman–Crippen LogP) is 3.27. The van der Waals surface area contributed by atoms with E-state index in [0.717, 1.165) is 36.7 Å². The summed E-state index contributed by atoms with van der Waals surface area (Å²) in [5.41, 5.74) is 10.7. The number of nitrogens with zero attached hydrogens (tertiary/aromatic N) is 3. The van der Waals surface area contributed by atoms with Crippen LogP contribution in [0.3, 0.4) is 0 Å². The minimum absolute atomic E-state index is 0.809. The molecule has 1 aromatic carbocycles. The fourth-order valence-electron chi connectivity index (χ4n) is 3.00. The number of nitrogens with two attached hydrogens (primary N) is 1. The first kappa shape index (κ1) is 13.0. The quantitative estimate of drug-likeness (QED) is 0.911. The van der Waals surface area contributed by atoms with E-state index in [2.05, 4.69) is 41.2 Å². The van der Waals surface area contributed by atoms with E-state index >= 15 is 0 Å². The molecule has 0 aliphatic carbocycles. The Bertz CT molecular complexity index is 615. The molecule has 0 atom stereocenters. The highest BCUT2D eigenvalue weighted by atomic mass is 15.4. The van der Waals surface area contributed by atoms with E-state index in [1.165, 1.54) is 24.1 Å². The molecule has 0 saturated heterocycles. The molecule has 20 heavy (non-hydrogen) atoms. The lowest BCUT2D eigenvalue weighted by Gasteiger charge is -2.26. The molecular weight excluding hydrogens is 248 g/mol. The number of anilines is 3. The van der Waals surface area contributed by atoms with Crippen LogP contribution in [0, 0.1) is 6.92 Å². The van der Waals surface area contributed by atoms with Crippen LogP contribution in [0.4, 0.5) is 17.2 Å². The van der Waals surface area contributed by atoms with Crippen molar-refractivity contribution in [2.45, 2.75) is 39.7 Å². The second-order valence-electron chi connectivity index (χ2n) is 5.38. The Kier molecular flexibility index (Phi) is 3.38. The maximum Gasteiger partial charge on any atom is 0.155 e. The number of aromatic nitrogens is 2. The van der Waals surface area contributed by atoms with Gasteiger partial charge < -0.3 is 10.6 Å². The third kappa shape index (κ3) is 2.05. The smallest absolute Gasteiger partial charge is 0.155 e. The molecule has 0 spiro atoms. The van der Waals surface area contributed by atoms with Crippen LogP contribution in [0.2, 0.25) is 0 Å². The van der Waals surface area contributed by atoms with Gasteiger partial charge >= 0.3 is 0 Å². The van der Waals surface area contributed by atoms with E-state index in [4.69, 9.17) is 5.73 Å². The van der Waals surface area contributed by atoms with Crippen LogP contribution in [0.5, 0.6) is 0 Å². The normalized spacial score (nSPS) is 15.0. The molecule has 0 fully saturated rings. The first-order valence-corrected chi connectivity index (χ1v) is 7.40. The summed E-state index contributed by atoms with van der Waals surface area (Å²) in [4.78, 5) is 2.35. The number of hydrogen-bond acceptors (Lipinski definition) is 3. The van der Waals surface area contributed by atoms with Gasteiger partial charge in [0.1, 0.15) is 0 Å². The Morgan fingerprint density at radius 3 is 2.85 bits per heavy atom. The van der Waals surface area contributed by atoms with Crippen molar-refractivity contribution in [3.8, 4) is 0 Å². The van der Waals surface area contributed by atoms with Gasteiger partial charge in [-0.2, -0.15) is 5.10 Å². The maximum absolute atomic E-state index is 6.29. The van der Waals surface area contributed by atoms with Gasteiger partial charge in [0.15, 0.2) is 5.82 Å². The highest BCUT2D eigenvalue weighted by molar-refractivity contribution is 5.75. The van der Waals surface area contributed by atoms with Crippen molar-refractivity contribution in [1.29, 1.82) is 0 Å². The summed E-state index contributed by atoms with van der Waals surface area (Å²) in [5, 5.41) is 4.56. The van der Waals surface area contributed by atoms with Gasteiger partial charge in [0.25, 0.3) is 0 Å². The van der Waals surface area contributed by atoms with Gasteiger partial charge in [0.05, 0.1) is 11.4 Å². The average Bonchev–Trinajstić information content (AvgIpc) is 2.65. The van der Waals surface area contributed by atoms with Gasteiger partial charge in [-0.15, -0.1) is 0 Å². The summed E-state index contributed by atoms with van der Waals surface area (Å²) in [5.74, 6) is 1.05. The number of nitrogen functional groups attached to an aromatic ring is 1. The highest BCUT2D eigenvalue weighted by Gasteiger charge is 2.23. The van der Waals surface area contributed by atoms with Crippen LogP contribution < -0.4 is 10.6 Å². The first-order chi connectivity index (χ1) is 9.72. The number of aryl methyl sites for hydroxylation is 3. The first-order valence-electron chi connectivity index (χ1n) is 7.40. The molecule has 3 rings (SSSR count). The standard InChI is InChI=1S/C16H22N4/c1-3-20-16(15(17)12(2)18-20)19-11-7-6-9-13-8-4-5-10-14(13)19/h4-5,8,10H,3,6-7,9,11,17H2,1-2H3. The molecule has 0 unspecified atom stereocenters. The van der Waals surface area contributed by atoms with Gasteiger partial charge in [-0.3, -0.25) is 0 Å². The van der Waals surface area contributed by atoms with Gasteiger partial charge in [-0.1, -0.05) is 18.2 Å². The Balaban J connectivity index is 2.15. The minimum atomic E-state index is 0.809. The SMILES string of the molecule is CCn1nc(C)c(N)c1N1CCCCc2ccccc21. The lowest BCUT2D eigenvalue weighted by atomic mass is 10.1. The van der Waals surface area contributed by atoms with E-state index in [9.17, 15) is 0 Å². The topological polar surface area (TPSA) is 47.1 Å². The van der Waals surface area contributed by atoms with Gasteiger partial charge in [0.2, 0.25) is 0 Å². The molecule has 4 heteroatoms. The van der Waals surface area contributed by atoms with Crippen LogP contribution in [0.15, 0.2) is 24.3 Å². The highest BCUT2D eigenvalue weighted by Crippen LogP contribution is 2.36. The van der Waals surface area contributed by atoms with Gasteiger partial charge in [-0.05, 0) is 44.7 Å². The summed E-state index contributed by atoms with van der Waals surface area (Å²) in [6, 6.07) is 8.65. The number of rotatable bonds is 2. The summed E-state index contributed by atoms with van der Waals surface area (Å²) in [6.07, 6.45) is 3.56. The van der Waals surface area contributed by atoms with Crippen molar-refractivity contribution in [2.24, 2.45) is 0 Å². The maximum atomic E-state index is 6.29. The summed E-state index contributed by atoms with van der Waals surface area (Å²) >= 11 is 0. The van der Waals surface area contributed by atoms with Gasteiger partial charge in [-0.25, -0.2) is 4.68 Å². The van der Waals surface area contributed by atoms with Crippen molar-refractivity contribution in [3.05, 3.63) is 35.5 Å². The molecule has 1 aromatic heterocycles. The Labute approximate surface area is 120 Å². The van der Waals surface area contributed by atoms with Crippen LogP contribution >= 0.6 is 0 Å². The van der Waals surface area contributed by atoms with E-state index in [-0.39, 0.29) is 0 Å². The zero-order chi connectivity index (χ0) is 14.1. The molecule has 1 aliphatic rings. The summed E-state index contributed by atoms with van der Waals surface area (Å²) in [7, 11) is 0. The van der Waals surface area contributed by atoms with Crippen molar-refractivity contribution >= 4 is 17.2 Å². The zero-order valence-corrected chi connectivity index (χ0v) is 12.3. The second kappa shape index (κ2) is 5.19. The number of para-hydroxylation sites is 1. The van der Waals surface area contributed by atoms with E-state index in [1.54, 1.807) is 0 Å². The third-order valence-electron chi connectivity index (χ3n) is 4.06. The Morgan fingerprint density at radius 2 is 2.05 bits per heavy atom. The molecule has 4 nitrogen and oxygen atoms in total. The van der Waals surface area contributed by atoms with Crippen LogP contribution in [-0.4, -0.2) is 16.3 Å². The fourth-order valence-corrected chi connectivity index (χ4v) is 3.00. The number of hydrogen-bond donors (Lipinski definition) is 1. The van der Waals surface area contributed by atoms with Crippen LogP contribution in [0.25, 0.3) is 0 Å². The van der Waals surface area contributed by atoms with Crippen LogP contribution in [-0.2, 0) is 13.0 Å². The molecular formula is C16H22N4. The zero-order valence-electron chi connectivity index (χ0n) is 12.3. The molecule has 106 valence electrons. The third-order valence-corrected chi connectivity index (χ3v) is 4.06. The van der Waals surface area contributed by atoms with Crippen molar-refractivity contribution in [2.75, 3.05) is 17.2 Å². The van der Waals surface area contributed by atoms with Crippen molar-refractivity contribution in [1.82, 2.24) is 9.78 Å². The Hall–Kier alpha value is -1.97. The largest absolute Gasteiger partial charge is 0.394 e. The molecule has 2 N–H and O–H groups in total. The lowest BCUT2D eigenvalue weighted by molar-refractivity contribution is 0.642.